The SMILES string of the molecule is CC(C)(C#N)c1cc(CBr)cc(C(C)(C)C#N)c1.CC(C)(C#N)c1cc(Cn2cncn2)cc(C(C)(C)C#N)c1.CC(C)(C#N)c1cc(Cn2cnnc2)cc(C(C)(C)C#N)c1. The maximum atomic E-state index is 9.41. The number of nitriles is 6. The van der Waals surface area contributed by atoms with E-state index in [-0.39, 0.29) is 0 Å². The van der Waals surface area contributed by atoms with Crippen molar-refractivity contribution in [1.82, 2.24) is 29.5 Å². The van der Waals surface area contributed by atoms with Gasteiger partial charge >= 0.3 is 0 Å². The van der Waals surface area contributed by atoms with Gasteiger partial charge in [0.25, 0.3) is 0 Å². The second kappa shape index (κ2) is 19.8. The fraction of sp³-hybridized carbons (Fsp3) is 0.429. The van der Waals surface area contributed by atoms with E-state index in [4.69, 9.17) is 0 Å². The molecule has 0 spiro atoms. The van der Waals surface area contributed by atoms with Gasteiger partial charge in [0.1, 0.15) is 25.3 Å². The number of hydrogen-bond donors (Lipinski definition) is 0. The third kappa shape index (κ3) is 12.7. The Morgan fingerprint density at radius 2 is 0.726 bits per heavy atom. The van der Waals surface area contributed by atoms with E-state index in [1.165, 1.54) is 6.33 Å². The molecular weight excluding hydrogens is 837 g/mol. The topological polar surface area (TPSA) is 204 Å². The summed E-state index contributed by atoms with van der Waals surface area (Å²) in [7, 11) is 0. The summed E-state index contributed by atoms with van der Waals surface area (Å²) >= 11 is 3.44. The summed E-state index contributed by atoms with van der Waals surface area (Å²) in [6.45, 7) is 23.8. The lowest BCUT2D eigenvalue weighted by molar-refractivity contribution is 0.646. The molecule has 12 nitrogen and oxygen atoms in total. The lowest BCUT2D eigenvalue weighted by Gasteiger charge is -2.23. The molecule has 0 bridgehead atoms. The Balaban J connectivity index is 0.000000249. The van der Waals surface area contributed by atoms with Crippen molar-refractivity contribution in [3.05, 3.63) is 130 Å². The molecule has 5 rings (SSSR count). The summed E-state index contributed by atoms with van der Waals surface area (Å²) in [6, 6.07) is 31.9. The molecule has 318 valence electrons. The fourth-order valence-corrected chi connectivity index (χ4v) is 6.23. The number of hydrogen-bond acceptors (Lipinski definition) is 10. The molecule has 0 unspecified atom stereocenters. The Morgan fingerprint density at radius 3 is 0.984 bits per heavy atom. The van der Waals surface area contributed by atoms with Crippen LogP contribution in [0.25, 0.3) is 0 Å². The Hall–Kier alpha value is -6.64. The zero-order chi connectivity index (χ0) is 46.7. The monoisotopic (exact) mass is 890 g/mol. The van der Waals surface area contributed by atoms with Crippen LogP contribution in [0.4, 0.5) is 0 Å². The van der Waals surface area contributed by atoms with E-state index >= 15 is 0 Å². The smallest absolute Gasteiger partial charge is 0.137 e. The van der Waals surface area contributed by atoms with E-state index in [1.54, 1.807) is 23.7 Å². The van der Waals surface area contributed by atoms with Gasteiger partial charge in [-0.2, -0.15) is 36.7 Å². The Labute approximate surface area is 375 Å². The molecule has 13 heteroatoms. The number of alkyl halides is 1. The molecule has 0 radical (unpaired) electrons. The average Bonchev–Trinajstić information content (AvgIpc) is 3.98. The van der Waals surface area contributed by atoms with Crippen molar-refractivity contribution in [3.8, 4) is 36.4 Å². The summed E-state index contributed by atoms with van der Waals surface area (Å²) < 4.78 is 3.59. The molecule has 0 aliphatic rings. The second-order valence-corrected chi connectivity index (χ2v) is 19.1. The minimum atomic E-state index is -0.612. The fourth-order valence-electron chi connectivity index (χ4n) is 5.90. The first-order valence-electron chi connectivity index (χ1n) is 20.0. The molecule has 0 atom stereocenters. The Morgan fingerprint density at radius 1 is 0.435 bits per heavy atom. The maximum Gasteiger partial charge on any atom is 0.137 e. The molecule has 2 aromatic heterocycles. The largest absolute Gasteiger partial charge is 0.316 e. The number of benzene rings is 3. The molecule has 0 saturated carbocycles. The lowest BCUT2D eigenvalue weighted by Crippen LogP contribution is -2.20. The zero-order valence-corrected chi connectivity index (χ0v) is 39.5. The molecule has 62 heavy (non-hydrogen) atoms. The first kappa shape index (κ1) is 49.7. The van der Waals surface area contributed by atoms with Crippen LogP contribution in [0.1, 0.15) is 133 Å². The van der Waals surface area contributed by atoms with E-state index in [0.29, 0.717) is 13.1 Å². The van der Waals surface area contributed by atoms with Gasteiger partial charge in [-0.25, -0.2) is 9.67 Å². The van der Waals surface area contributed by atoms with Crippen LogP contribution in [-0.2, 0) is 50.9 Å². The molecule has 5 aromatic rings. The molecule has 0 amide bonds. The third-order valence-electron chi connectivity index (χ3n) is 10.8. The predicted molar refractivity (Wildman–Crippen MR) is 242 cm³/mol. The van der Waals surface area contributed by atoms with Crippen LogP contribution in [0.15, 0.2) is 79.9 Å². The predicted octanol–water partition coefficient (Wildman–Crippen LogP) is 10.0. The first-order chi connectivity index (χ1) is 28.8. The molecule has 0 saturated heterocycles. The van der Waals surface area contributed by atoms with Gasteiger partial charge in [0.05, 0.1) is 82.0 Å². The van der Waals surface area contributed by atoms with Crippen LogP contribution in [0.3, 0.4) is 0 Å². The van der Waals surface area contributed by atoms with Crippen LogP contribution in [-0.4, -0.2) is 29.5 Å². The van der Waals surface area contributed by atoms with E-state index < -0.39 is 32.5 Å². The summed E-state index contributed by atoms with van der Waals surface area (Å²) in [4.78, 5) is 3.94. The number of aromatic nitrogens is 6. The number of nitrogens with zero attached hydrogens (tertiary/aromatic N) is 12. The van der Waals surface area contributed by atoms with Crippen molar-refractivity contribution >= 4 is 15.9 Å². The first-order valence-corrected chi connectivity index (χ1v) is 21.1. The van der Waals surface area contributed by atoms with Gasteiger partial charge in [-0.05, 0) is 133 Å². The Kier molecular flexibility index (Phi) is 15.9. The summed E-state index contributed by atoms with van der Waals surface area (Å²) in [6.07, 6.45) is 6.44. The van der Waals surface area contributed by atoms with Crippen LogP contribution >= 0.6 is 15.9 Å². The molecule has 0 aliphatic heterocycles. The maximum absolute atomic E-state index is 9.41. The van der Waals surface area contributed by atoms with E-state index in [2.05, 4.69) is 72.6 Å². The highest BCUT2D eigenvalue weighted by atomic mass is 79.9. The highest BCUT2D eigenvalue weighted by Crippen LogP contribution is 2.33. The third-order valence-corrected chi connectivity index (χ3v) is 11.4. The summed E-state index contributed by atoms with van der Waals surface area (Å²) in [5.74, 6) is 0. The van der Waals surface area contributed by atoms with Gasteiger partial charge in [0.2, 0.25) is 0 Å². The quantitative estimate of drug-likeness (QED) is 0.115. The van der Waals surface area contributed by atoms with Gasteiger partial charge in [-0.15, -0.1) is 10.2 Å². The molecule has 0 aliphatic carbocycles. The van der Waals surface area contributed by atoms with Crippen LogP contribution < -0.4 is 0 Å². The van der Waals surface area contributed by atoms with Crippen molar-refractivity contribution in [2.45, 2.75) is 134 Å². The average molecular weight is 892 g/mol. The van der Waals surface area contributed by atoms with Crippen molar-refractivity contribution in [2.75, 3.05) is 0 Å². The van der Waals surface area contributed by atoms with Crippen molar-refractivity contribution < 1.29 is 0 Å². The van der Waals surface area contributed by atoms with E-state index in [9.17, 15) is 31.6 Å². The lowest BCUT2D eigenvalue weighted by atomic mass is 9.79. The second-order valence-electron chi connectivity index (χ2n) is 18.5. The van der Waals surface area contributed by atoms with Crippen molar-refractivity contribution in [2.24, 2.45) is 0 Å². The minimum Gasteiger partial charge on any atom is -0.316 e. The van der Waals surface area contributed by atoms with Gasteiger partial charge in [-0.3, -0.25) is 0 Å². The highest BCUT2D eigenvalue weighted by molar-refractivity contribution is 9.08. The molecule has 0 N–H and O–H groups in total. The van der Waals surface area contributed by atoms with Gasteiger partial charge in [-0.1, -0.05) is 70.5 Å². The van der Waals surface area contributed by atoms with Gasteiger partial charge in [0.15, 0.2) is 0 Å². The zero-order valence-electron chi connectivity index (χ0n) is 37.9. The number of halogens is 1. The summed E-state index contributed by atoms with van der Waals surface area (Å²) in [5, 5.41) is 68.5. The Bertz CT molecular complexity index is 2320. The van der Waals surface area contributed by atoms with Crippen molar-refractivity contribution in [3.63, 3.8) is 0 Å². The van der Waals surface area contributed by atoms with Gasteiger partial charge in [0, 0.05) is 5.33 Å². The molecule has 3 aromatic carbocycles. The summed E-state index contributed by atoms with van der Waals surface area (Å²) in [5.41, 5.74) is 5.16. The van der Waals surface area contributed by atoms with Crippen molar-refractivity contribution in [1.29, 1.82) is 31.6 Å². The van der Waals surface area contributed by atoms with Crippen LogP contribution in [0, 0.1) is 68.0 Å². The van der Waals surface area contributed by atoms with Gasteiger partial charge < -0.3 is 4.57 Å². The normalized spacial score (nSPS) is 11.7. The standard InChI is InChI=1S/2C17H19N5.C15H17BrN2/c1-16(2,9-18)14-5-13(8-22-11-20-21-12-22)6-15(7-14)17(3,4)10-19;1-16(2,9-18)14-5-13(8-22-12-20-11-21-22)6-15(7-14)17(3,4)10-19;1-14(2,9-17)12-5-11(8-16)6-13(7-12)15(3,4)10-18/h2*5-7,11-12H,8H2,1-4H3;5-7H,8H2,1-4H3. The minimum absolute atomic E-state index is 0.543. The molecular formula is C49H55BrN12. The molecule has 0 fully saturated rings. The number of rotatable bonds is 11. The van der Waals surface area contributed by atoms with E-state index in [0.717, 1.165) is 55.4 Å². The van der Waals surface area contributed by atoms with E-state index in [1.807, 2.05) is 142 Å². The van der Waals surface area contributed by atoms with Crippen LogP contribution in [0.5, 0.6) is 0 Å². The molecule has 2 heterocycles. The van der Waals surface area contributed by atoms with Crippen LogP contribution in [0.2, 0.25) is 0 Å². The highest BCUT2D eigenvalue weighted by Gasteiger charge is 2.29.